The van der Waals surface area contributed by atoms with Crippen molar-refractivity contribution in [3.8, 4) is 0 Å². The van der Waals surface area contributed by atoms with E-state index >= 15 is 0 Å². The normalized spacial score (nSPS) is 20.4. The molecule has 0 radical (unpaired) electrons. The molecule has 0 unspecified atom stereocenters. The summed E-state index contributed by atoms with van der Waals surface area (Å²) in [4.78, 5) is 0. The fraction of sp³-hybridized carbons (Fsp3) is 0.571. The van der Waals surface area contributed by atoms with Gasteiger partial charge in [-0.25, -0.2) is 0 Å². The van der Waals surface area contributed by atoms with Crippen LogP contribution in [0.4, 0.5) is 0 Å². The third kappa shape index (κ3) is 4.86. The Bertz CT molecular complexity index is 296. The van der Waals surface area contributed by atoms with Gasteiger partial charge in [0.25, 0.3) is 0 Å². The van der Waals surface area contributed by atoms with Crippen molar-refractivity contribution in [2.75, 3.05) is 19.8 Å². The van der Waals surface area contributed by atoms with Gasteiger partial charge >= 0.3 is 0 Å². The molecule has 0 aliphatic carbocycles. The van der Waals surface area contributed by atoms with E-state index in [9.17, 15) is 0 Å². The predicted molar refractivity (Wildman–Crippen MR) is 67.7 cm³/mol. The molecule has 1 N–H and O–H groups in total. The molecule has 3 heteroatoms. The molecule has 0 saturated carbocycles. The van der Waals surface area contributed by atoms with Gasteiger partial charge < -0.3 is 14.8 Å². The fourth-order valence-electron chi connectivity index (χ4n) is 1.93. The SMILES string of the molecule is c1ccc(CNCCO[C@@H]2CCCCO2)cc1. The molecule has 1 aliphatic rings. The lowest BCUT2D eigenvalue weighted by Gasteiger charge is -2.22. The first-order valence-electron chi connectivity index (χ1n) is 6.43. The van der Waals surface area contributed by atoms with Crippen molar-refractivity contribution in [2.24, 2.45) is 0 Å². The summed E-state index contributed by atoms with van der Waals surface area (Å²) in [7, 11) is 0. The maximum absolute atomic E-state index is 5.64. The Morgan fingerprint density at radius 3 is 2.88 bits per heavy atom. The van der Waals surface area contributed by atoms with E-state index in [1.165, 1.54) is 18.4 Å². The lowest BCUT2D eigenvalue weighted by Crippen LogP contribution is -2.27. The van der Waals surface area contributed by atoms with Crippen LogP contribution in [0.5, 0.6) is 0 Å². The molecule has 0 spiro atoms. The zero-order chi connectivity index (χ0) is 11.8. The number of hydrogen-bond acceptors (Lipinski definition) is 3. The first kappa shape index (κ1) is 12.6. The minimum absolute atomic E-state index is 0.0299. The van der Waals surface area contributed by atoms with Crippen molar-refractivity contribution in [1.29, 1.82) is 0 Å². The summed E-state index contributed by atoms with van der Waals surface area (Å²) in [6.07, 6.45) is 3.47. The highest BCUT2D eigenvalue weighted by molar-refractivity contribution is 5.14. The Kier molecular flexibility index (Phi) is 5.49. The van der Waals surface area contributed by atoms with Crippen LogP contribution in [0, 0.1) is 0 Å². The van der Waals surface area contributed by atoms with Crippen molar-refractivity contribution in [2.45, 2.75) is 32.1 Å². The predicted octanol–water partition coefficient (Wildman–Crippen LogP) is 2.32. The van der Waals surface area contributed by atoms with Gasteiger partial charge in [-0.2, -0.15) is 0 Å². The number of ether oxygens (including phenoxy) is 2. The molecule has 94 valence electrons. The minimum atomic E-state index is 0.0299. The fourth-order valence-corrected chi connectivity index (χ4v) is 1.93. The molecule has 3 nitrogen and oxygen atoms in total. The average molecular weight is 235 g/mol. The Balaban J connectivity index is 1.51. The van der Waals surface area contributed by atoms with Crippen molar-refractivity contribution in [1.82, 2.24) is 5.32 Å². The van der Waals surface area contributed by atoms with Crippen LogP contribution in [0.15, 0.2) is 30.3 Å². The first-order valence-corrected chi connectivity index (χ1v) is 6.43. The van der Waals surface area contributed by atoms with Crippen molar-refractivity contribution in [3.63, 3.8) is 0 Å². The summed E-state index contributed by atoms with van der Waals surface area (Å²) in [6.45, 7) is 3.34. The number of rotatable bonds is 6. The number of hydrogen-bond donors (Lipinski definition) is 1. The van der Waals surface area contributed by atoms with Gasteiger partial charge in [0.05, 0.1) is 6.61 Å². The molecule has 1 atom stereocenters. The molecule has 1 heterocycles. The molecule has 0 amide bonds. The monoisotopic (exact) mass is 235 g/mol. The Hall–Kier alpha value is -0.900. The van der Waals surface area contributed by atoms with Gasteiger partial charge in [-0.1, -0.05) is 30.3 Å². The summed E-state index contributed by atoms with van der Waals surface area (Å²) in [6, 6.07) is 10.4. The second kappa shape index (κ2) is 7.43. The summed E-state index contributed by atoms with van der Waals surface area (Å²) >= 11 is 0. The lowest BCUT2D eigenvalue weighted by molar-refractivity contribution is -0.161. The van der Waals surface area contributed by atoms with Gasteiger partial charge in [0.1, 0.15) is 0 Å². The van der Waals surface area contributed by atoms with Crippen LogP contribution in [0.25, 0.3) is 0 Å². The third-order valence-electron chi connectivity index (χ3n) is 2.89. The van der Waals surface area contributed by atoms with Crippen molar-refractivity contribution < 1.29 is 9.47 Å². The summed E-state index contributed by atoms with van der Waals surface area (Å²) < 4.78 is 11.1. The van der Waals surface area contributed by atoms with Crippen LogP contribution in [0.3, 0.4) is 0 Å². The lowest BCUT2D eigenvalue weighted by atomic mass is 10.2. The van der Waals surface area contributed by atoms with Gasteiger partial charge in [-0.05, 0) is 24.8 Å². The molecule has 0 aromatic heterocycles. The van der Waals surface area contributed by atoms with Crippen molar-refractivity contribution in [3.05, 3.63) is 35.9 Å². The average Bonchev–Trinajstić information content (AvgIpc) is 2.41. The van der Waals surface area contributed by atoms with E-state index in [1.807, 2.05) is 6.07 Å². The highest BCUT2D eigenvalue weighted by Gasteiger charge is 2.13. The molecular weight excluding hydrogens is 214 g/mol. The number of nitrogens with one attached hydrogen (secondary N) is 1. The maximum atomic E-state index is 5.64. The summed E-state index contributed by atoms with van der Waals surface area (Å²) in [5.74, 6) is 0. The van der Waals surface area contributed by atoms with Crippen LogP contribution >= 0.6 is 0 Å². The van der Waals surface area contributed by atoms with E-state index in [2.05, 4.69) is 29.6 Å². The minimum Gasteiger partial charge on any atom is -0.353 e. The molecule has 1 aromatic rings. The van der Waals surface area contributed by atoms with E-state index < -0.39 is 0 Å². The topological polar surface area (TPSA) is 30.5 Å². The molecule has 1 saturated heterocycles. The Labute approximate surface area is 103 Å². The first-order chi connectivity index (χ1) is 8.45. The Morgan fingerprint density at radius 1 is 1.24 bits per heavy atom. The molecule has 1 aliphatic heterocycles. The largest absolute Gasteiger partial charge is 0.353 e. The van der Waals surface area contributed by atoms with Gasteiger partial charge in [0.2, 0.25) is 0 Å². The van der Waals surface area contributed by atoms with Crippen LogP contribution in [-0.4, -0.2) is 26.0 Å². The summed E-state index contributed by atoms with van der Waals surface area (Å²) in [5, 5.41) is 3.36. The van der Waals surface area contributed by atoms with Crippen LogP contribution in [0.2, 0.25) is 0 Å². The quantitative estimate of drug-likeness (QED) is 0.768. The standard InChI is InChI=1S/C14H21NO2/c1-2-6-13(7-3-1)12-15-9-11-17-14-8-4-5-10-16-14/h1-3,6-7,14-15H,4-5,8-12H2/t14-/m1/s1. The zero-order valence-electron chi connectivity index (χ0n) is 10.2. The third-order valence-corrected chi connectivity index (χ3v) is 2.89. The zero-order valence-corrected chi connectivity index (χ0v) is 10.2. The highest BCUT2D eigenvalue weighted by Crippen LogP contribution is 2.13. The van der Waals surface area contributed by atoms with E-state index in [0.717, 1.165) is 32.7 Å². The van der Waals surface area contributed by atoms with Crippen LogP contribution in [-0.2, 0) is 16.0 Å². The van der Waals surface area contributed by atoms with Gasteiger partial charge in [0.15, 0.2) is 6.29 Å². The van der Waals surface area contributed by atoms with Gasteiger partial charge in [0, 0.05) is 19.7 Å². The van der Waals surface area contributed by atoms with Crippen LogP contribution in [0.1, 0.15) is 24.8 Å². The Morgan fingerprint density at radius 2 is 2.12 bits per heavy atom. The van der Waals surface area contributed by atoms with E-state index in [4.69, 9.17) is 9.47 Å². The molecule has 1 aromatic carbocycles. The van der Waals surface area contributed by atoms with E-state index in [1.54, 1.807) is 0 Å². The highest BCUT2D eigenvalue weighted by atomic mass is 16.7. The van der Waals surface area contributed by atoms with Gasteiger partial charge in [-0.15, -0.1) is 0 Å². The second-order valence-electron chi connectivity index (χ2n) is 4.33. The van der Waals surface area contributed by atoms with Gasteiger partial charge in [-0.3, -0.25) is 0 Å². The van der Waals surface area contributed by atoms with Crippen LogP contribution < -0.4 is 5.32 Å². The molecular formula is C14H21NO2. The molecule has 2 rings (SSSR count). The summed E-state index contributed by atoms with van der Waals surface area (Å²) in [5.41, 5.74) is 1.31. The number of benzene rings is 1. The van der Waals surface area contributed by atoms with Crippen molar-refractivity contribution >= 4 is 0 Å². The van der Waals surface area contributed by atoms with E-state index in [0.29, 0.717) is 0 Å². The van der Waals surface area contributed by atoms with E-state index in [-0.39, 0.29) is 6.29 Å². The molecule has 0 bridgehead atoms. The smallest absolute Gasteiger partial charge is 0.157 e. The second-order valence-corrected chi connectivity index (χ2v) is 4.33. The molecule has 17 heavy (non-hydrogen) atoms. The maximum Gasteiger partial charge on any atom is 0.157 e. The molecule has 1 fully saturated rings.